The summed E-state index contributed by atoms with van der Waals surface area (Å²) >= 11 is 0. The van der Waals surface area contributed by atoms with Crippen molar-refractivity contribution in [3.63, 3.8) is 0 Å². The van der Waals surface area contributed by atoms with Crippen LogP contribution in [0.1, 0.15) is 5.56 Å². The van der Waals surface area contributed by atoms with E-state index in [1.807, 2.05) is 7.05 Å². The van der Waals surface area contributed by atoms with Crippen molar-refractivity contribution in [2.24, 2.45) is 10.7 Å². The summed E-state index contributed by atoms with van der Waals surface area (Å²) in [7, 11) is 1.88. The second-order valence-electron chi connectivity index (χ2n) is 4.60. The normalized spacial score (nSPS) is 23.7. The molecule has 0 fully saturated rings. The second kappa shape index (κ2) is 4.82. The van der Waals surface area contributed by atoms with Crippen molar-refractivity contribution < 1.29 is 13.2 Å². The standard InChI is InChI=1S/C12H16F3N4/c1-19(7-6-17-11(8-16)18-19)10-4-2-9(3-5-10)12(13,14)15/h2-5H,6-8,16H2,1H3,(H,17,18)/q+1. The number of hydrogen-bond acceptors (Lipinski definition) is 3. The monoisotopic (exact) mass is 273 g/mol. The summed E-state index contributed by atoms with van der Waals surface area (Å²) in [4.78, 5) is 4.21. The highest BCUT2D eigenvalue weighted by Gasteiger charge is 2.33. The van der Waals surface area contributed by atoms with Crippen molar-refractivity contribution >= 4 is 11.5 Å². The van der Waals surface area contributed by atoms with Crippen LogP contribution in [0.2, 0.25) is 0 Å². The molecular weight excluding hydrogens is 257 g/mol. The summed E-state index contributed by atoms with van der Waals surface area (Å²) < 4.78 is 37.9. The number of halogens is 3. The highest BCUT2D eigenvalue weighted by molar-refractivity contribution is 5.85. The van der Waals surface area contributed by atoms with Crippen molar-refractivity contribution in [2.75, 3.05) is 26.7 Å². The Bertz CT molecular complexity index is 481. The van der Waals surface area contributed by atoms with Crippen molar-refractivity contribution in [3.8, 4) is 0 Å². The van der Waals surface area contributed by atoms with Gasteiger partial charge in [-0.3, -0.25) is 4.99 Å². The van der Waals surface area contributed by atoms with Crippen LogP contribution in [0.15, 0.2) is 29.3 Å². The zero-order valence-corrected chi connectivity index (χ0v) is 10.5. The summed E-state index contributed by atoms with van der Waals surface area (Å²) in [5, 5.41) is 0. The minimum Gasteiger partial charge on any atom is -0.324 e. The molecule has 0 amide bonds. The fraction of sp³-hybridized carbons (Fsp3) is 0.417. The molecule has 1 aromatic rings. The van der Waals surface area contributed by atoms with Crippen LogP contribution in [0.4, 0.5) is 18.9 Å². The maximum absolute atomic E-state index is 12.5. The largest absolute Gasteiger partial charge is 0.416 e. The third-order valence-corrected chi connectivity index (χ3v) is 3.18. The molecule has 1 atom stereocenters. The van der Waals surface area contributed by atoms with Crippen LogP contribution in [0, 0.1) is 0 Å². The average molecular weight is 273 g/mol. The SMILES string of the molecule is C[N+]1(c2ccc(C(F)(F)F)cc2)CCN=C(CN)N1. The van der Waals surface area contributed by atoms with Gasteiger partial charge in [0.2, 0.25) is 0 Å². The van der Waals surface area contributed by atoms with Gasteiger partial charge in [-0.1, -0.05) is 0 Å². The van der Waals surface area contributed by atoms with E-state index in [0.29, 0.717) is 23.5 Å². The predicted octanol–water partition coefficient (Wildman–Crippen LogP) is 1.52. The van der Waals surface area contributed by atoms with Crippen LogP contribution < -0.4 is 15.8 Å². The molecule has 0 spiro atoms. The molecule has 1 aliphatic rings. The van der Waals surface area contributed by atoms with E-state index >= 15 is 0 Å². The summed E-state index contributed by atoms with van der Waals surface area (Å²) in [5.41, 5.74) is 8.77. The lowest BCUT2D eigenvalue weighted by Gasteiger charge is -2.36. The molecule has 19 heavy (non-hydrogen) atoms. The van der Waals surface area contributed by atoms with E-state index in [2.05, 4.69) is 10.4 Å². The maximum atomic E-state index is 12.5. The number of amidine groups is 1. The van der Waals surface area contributed by atoms with Gasteiger partial charge in [0.25, 0.3) is 0 Å². The van der Waals surface area contributed by atoms with Crippen LogP contribution in [0.25, 0.3) is 0 Å². The van der Waals surface area contributed by atoms with Crippen LogP contribution in [-0.2, 0) is 6.18 Å². The quantitative estimate of drug-likeness (QED) is 0.803. The summed E-state index contributed by atoms with van der Waals surface area (Å²) in [6.07, 6.45) is -4.31. The van der Waals surface area contributed by atoms with Gasteiger partial charge in [-0.2, -0.15) is 17.8 Å². The molecule has 1 unspecified atom stereocenters. The van der Waals surface area contributed by atoms with E-state index in [1.54, 1.807) is 0 Å². The fourth-order valence-electron chi connectivity index (χ4n) is 2.04. The Morgan fingerprint density at radius 3 is 2.47 bits per heavy atom. The first kappa shape index (κ1) is 13.8. The van der Waals surface area contributed by atoms with Crippen molar-refractivity contribution in [3.05, 3.63) is 29.8 Å². The Morgan fingerprint density at radius 1 is 1.32 bits per heavy atom. The molecule has 0 bridgehead atoms. The third kappa shape index (κ3) is 2.87. The van der Waals surface area contributed by atoms with Crippen molar-refractivity contribution in [1.29, 1.82) is 0 Å². The molecule has 0 radical (unpaired) electrons. The van der Waals surface area contributed by atoms with Crippen LogP contribution in [-0.4, -0.2) is 32.5 Å². The third-order valence-electron chi connectivity index (χ3n) is 3.18. The number of quaternary nitrogens is 1. The number of nitrogens with two attached hydrogens (primary N) is 1. The second-order valence-corrected chi connectivity index (χ2v) is 4.60. The zero-order valence-electron chi connectivity index (χ0n) is 10.5. The van der Waals surface area contributed by atoms with Gasteiger partial charge in [-0.15, -0.1) is 0 Å². The van der Waals surface area contributed by atoms with Gasteiger partial charge in [-0.05, 0) is 12.1 Å². The van der Waals surface area contributed by atoms with Crippen LogP contribution in [0.3, 0.4) is 0 Å². The summed E-state index contributed by atoms with van der Waals surface area (Å²) in [6, 6.07) is 5.15. The fourth-order valence-corrected chi connectivity index (χ4v) is 2.04. The Morgan fingerprint density at radius 2 is 1.95 bits per heavy atom. The summed E-state index contributed by atoms with van der Waals surface area (Å²) in [5.74, 6) is 0.661. The predicted molar refractivity (Wildman–Crippen MR) is 68.5 cm³/mol. The minimum atomic E-state index is -4.31. The van der Waals surface area contributed by atoms with E-state index in [1.165, 1.54) is 12.1 Å². The minimum absolute atomic E-state index is 0.286. The van der Waals surface area contributed by atoms with Gasteiger partial charge < -0.3 is 5.73 Å². The smallest absolute Gasteiger partial charge is 0.324 e. The molecule has 104 valence electrons. The lowest BCUT2D eigenvalue weighted by atomic mass is 10.2. The first-order chi connectivity index (χ1) is 8.85. The summed E-state index contributed by atoms with van der Waals surface area (Å²) in [6.45, 7) is 1.54. The molecule has 4 nitrogen and oxygen atoms in total. The van der Waals surface area contributed by atoms with E-state index in [-0.39, 0.29) is 6.54 Å². The van der Waals surface area contributed by atoms with Gasteiger partial charge in [0, 0.05) is 12.1 Å². The maximum Gasteiger partial charge on any atom is 0.416 e. The first-order valence-corrected chi connectivity index (χ1v) is 5.90. The highest BCUT2D eigenvalue weighted by Crippen LogP contribution is 2.31. The highest BCUT2D eigenvalue weighted by atomic mass is 19.4. The lowest BCUT2D eigenvalue weighted by molar-refractivity contribution is -0.137. The molecular formula is C12H16F3N4+. The van der Waals surface area contributed by atoms with Gasteiger partial charge in [0.05, 0.1) is 25.7 Å². The molecule has 0 aliphatic carbocycles. The molecule has 0 saturated carbocycles. The number of nitrogens with one attached hydrogen (secondary N) is 1. The lowest BCUT2D eigenvalue weighted by Crippen LogP contribution is -2.63. The van der Waals surface area contributed by atoms with E-state index in [9.17, 15) is 13.2 Å². The molecule has 0 saturated heterocycles. The Hall–Kier alpha value is -1.60. The molecule has 1 aromatic carbocycles. The molecule has 1 aliphatic heterocycles. The molecule has 1 heterocycles. The number of alkyl halides is 3. The number of rotatable bonds is 2. The van der Waals surface area contributed by atoms with E-state index in [0.717, 1.165) is 17.8 Å². The molecule has 0 aromatic heterocycles. The van der Waals surface area contributed by atoms with Gasteiger partial charge >= 0.3 is 6.18 Å². The average Bonchev–Trinajstić information content (AvgIpc) is 2.38. The van der Waals surface area contributed by atoms with E-state index < -0.39 is 11.7 Å². The van der Waals surface area contributed by atoms with Crippen molar-refractivity contribution in [2.45, 2.75) is 6.18 Å². The Kier molecular flexibility index (Phi) is 3.51. The van der Waals surface area contributed by atoms with E-state index in [4.69, 9.17) is 5.73 Å². The van der Waals surface area contributed by atoms with Crippen molar-refractivity contribution in [1.82, 2.24) is 10.0 Å². The molecule has 7 heteroatoms. The molecule has 3 N–H and O–H groups in total. The number of likely N-dealkylation sites (N-methyl/N-ethyl adjacent to an activating group) is 1. The van der Waals surface area contributed by atoms with Crippen LogP contribution >= 0.6 is 0 Å². The van der Waals surface area contributed by atoms with Gasteiger partial charge in [0.1, 0.15) is 6.54 Å². The number of hydrogen-bond donors (Lipinski definition) is 2. The number of benzene rings is 1. The number of nitrogens with zero attached hydrogens (tertiary/aromatic N) is 2. The van der Waals surface area contributed by atoms with Gasteiger partial charge in [-0.25, -0.2) is 5.43 Å². The first-order valence-electron chi connectivity index (χ1n) is 5.90. The van der Waals surface area contributed by atoms with Gasteiger partial charge in [0.15, 0.2) is 11.5 Å². The Balaban J connectivity index is 2.25. The Labute approximate surface area is 109 Å². The zero-order chi connectivity index (χ0) is 14.1. The topological polar surface area (TPSA) is 50.4 Å². The van der Waals surface area contributed by atoms with Crippen LogP contribution in [0.5, 0.6) is 0 Å². The molecule has 2 rings (SSSR count). The number of aliphatic imine (C=N–C) groups is 1.